The van der Waals surface area contributed by atoms with Gasteiger partial charge in [-0.1, -0.05) is 6.07 Å². The van der Waals surface area contributed by atoms with Crippen molar-refractivity contribution in [1.29, 1.82) is 0 Å². The van der Waals surface area contributed by atoms with Crippen LogP contribution in [-0.4, -0.2) is 29.7 Å². The molecule has 2 aromatic carbocycles. The number of nitrogens with one attached hydrogen (secondary N) is 1. The molecule has 6 nitrogen and oxygen atoms in total. The molecular formula is C21H22N2O4. The minimum atomic E-state index is -1.04. The first-order valence-electron chi connectivity index (χ1n) is 8.70. The summed E-state index contributed by atoms with van der Waals surface area (Å²) in [6, 6.07) is 12.2. The van der Waals surface area contributed by atoms with Gasteiger partial charge in [0.1, 0.15) is 5.75 Å². The van der Waals surface area contributed by atoms with Gasteiger partial charge in [0, 0.05) is 18.2 Å². The van der Waals surface area contributed by atoms with Crippen molar-refractivity contribution >= 4 is 29.0 Å². The summed E-state index contributed by atoms with van der Waals surface area (Å²) in [7, 11) is 0. The number of ketones is 1. The predicted octanol–water partition coefficient (Wildman–Crippen LogP) is 3.34. The molecule has 0 radical (unpaired) electrons. The van der Waals surface area contributed by atoms with Gasteiger partial charge in [-0.25, -0.2) is 0 Å². The van der Waals surface area contributed by atoms with Crippen LogP contribution < -0.4 is 15.0 Å². The lowest BCUT2D eigenvalue weighted by Crippen LogP contribution is -2.53. The van der Waals surface area contributed by atoms with E-state index >= 15 is 0 Å². The summed E-state index contributed by atoms with van der Waals surface area (Å²) in [6.45, 7) is 6.65. The van der Waals surface area contributed by atoms with Crippen molar-refractivity contribution in [2.75, 3.05) is 16.8 Å². The Morgan fingerprint density at radius 3 is 2.41 bits per heavy atom. The zero-order valence-corrected chi connectivity index (χ0v) is 15.8. The summed E-state index contributed by atoms with van der Waals surface area (Å²) >= 11 is 0. The molecule has 0 spiro atoms. The fourth-order valence-corrected chi connectivity index (χ4v) is 3.01. The van der Waals surface area contributed by atoms with Gasteiger partial charge in [-0.2, -0.15) is 0 Å². The predicted molar refractivity (Wildman–Crippen MR) is 103 cm³/mol. The van der Waals surface area contributed by atoms with Crippen LogP contribution in [0.2, 0.25) is 0 Å². The molecule has 2 amide bonds. The van der Waals surface area contributed by atoms with E-state index in [2.05, 4.69) is 5.32 Å². The second-order valence-electron chi connectivity index (χ2n) is 7.16. The number of anilines is 2. The van der Waals surface area contributed by atoms with E-state index in [1.807, 2.05) is 25.1 Å². The molecule has 1 aliphatic heterocycles. The standard InChI is InChI=1S/C21H22N2O4/c1-13-5-10-19-17(11-13)23(20(26)21(3,4)27-19)12-18(25)15-6-8-16(9-7-15)22-14(2)24/h5-11H,12H2,1-4H3,(H,22,24). The van der Waals surface area contributed by atoms with Crippen LogP contribution in [0, 0.1) is 6.92 Å². The molecule has 1 heterocycles. The van der Waals surface area contributed by atoms with Crippen molar-refractivity contribution in [3.63, 3.8) is 0 Å². The van der Waals surface area contributed by atoms with Gasteiger partial charge in [0.15, 0.2) is 11.4 Å². The smallest absolute Gasteiger partial charge is 0.271 e. The maximum atomic E-state index is 12.9. The first-order valence-corrected chi connectivity index (χ1v) is 8.70. The Hall–Kier alpha value is -3.15. The number of Topliss-reactive ketones (excluding diaryl/α,β-unsaturated/α-hetero) is 1. The number of amides is 2. The lowest BCUT2D eigenvalue weighted by Gasteiger charge is -2.38. The molecular weight excluding hydrogens is 344 g/mol. The van der Waals surface area contributed by atoms with E-state index in [0.29, 0.717) is 22.7 Å². The minimum absolute atomic E-state index is 0.0818. The number of fused-ring (bicyclic) bond motifs is 1. The lowest BCUT2D eigenvalue weighted by atomic mass is 10.0. The quantitative estimate of drug-likeness (QED) is 0.842. The number of carbonyl (C=O) groups excluding carboxylic acids is 3. The SMILES string of the molecule is CC(=O)Nc1ccc(C(=O)CN2C(=O)C(C)(C)Oc3ccc(C)cc32)cc1. The minimum Gasteiger partial charge on any atom is -0.476 e. The molecule has 140 valence electrons. The van der Waals surface area contributed by atoms with E-state index in [-0.39, 0.29) is 24.1 Å². The molecule has 0 bridgehead atoms. The van der Waals surface area contributed by atoms with Crippen LogP contribution in [0.1, 0.15) is 36.7 Å². The van der Waals surface area contributed by atoms with E-state index in [9.17, 15) is 14.4 Å². The maximum absolute atomic E-state index is 12.9. The van der Waals surface area contributed by atoms with Crippen molar-refractivity contribution in [2.24, 2.45) is 0 Å². The van der Waals surface area contributed by atoms with Crippen molar-refractivity contribution in [1.82, 2.24) is 0 Å². The Morgan fingerprint density at radius 1 is 1.11 bits per heavy atom. The molecule has 0 fully saturated rings. The molecule has 0 atom stereocenters. The number of hydrogen-bond acceptors (Lipinski definition) is 4. The van der Waals surface area contributed by atoms with Gasteiger partial charge in [-0.3, -0.25) is 19.3 Å². The number of rotatable bonds is 4. The largest absolute Gasteiger partial charge is 0.476 e. The van der Waals surface area contributed by atoms with E-state index in [4.69, 9.17) is 4.74 Å². The van der Waals surface area contributed by atoms with E-state index in [1.165, 1.54) is 11.8 Å². The maximum Gasteiger partial charge on any atom is 0.271 e. The van der Waals surface area contributed by atoms with Crippen molar-refractivity contribution in [2.45, 2.75) is 33.3 Å². The van der Waals surface area contributed by atoms with Gasteiger partial charge in [0.2, 0.25) is 5.91 Å². The molecule has 0 saturated carbocycles. The van der Waals surface area contributed by atoms with Crippen LogP contribution in [0.5, 0.6) is 5.75 Å². The number of nitrogens with zero attached hydrogens (tertiary/aromatic N) is 1. The first kappa shape index (κ1) is 18.6. The third-order valence-corrected chi connectivity index (χ3v) is 4.36. The van der Waals surface area contributed by atoms with Crippen LogP contribution in [0.15, 0.2) is 42.5 Å². The van der Waals surface area contributed by atoms with Crippen LogP contribution in [0.4, 0.5) is 11.4 Å². The topological polar surface area (TPSA) is 75.7 Å². The second-order valence-corrected chi connectivity index (χ2v) is 7.16. The van der Waals surface area contributed by atoms with Gasteiger partial charge in [-0.05, 0) is 62.7 Å². The molecule has 0 aliphatic carbocycles. The third kappa shape index (κ3) is 3.84. The monoisotopic (exact) mass is 366 g/mol. The Kier molecular flexibility index (Phi) is 4.74. The summed E-state index contributed by atoms with van der Waals surface area (Å²) in [5, 5.41) is 2.66. The van der Waals surface area contributed by atoms with Crippen molar-refractivity contribution in [3.8, 4) is 5.75 Å². The Labute approximate surface area is 158 Å². The first-order chi connectivity index (χ1) is 12.7. The third-order valence-electron chi connectivity index (χ3n) is 4.36. The van der Waals surface area contributed by atoms with Crippen molar-refractivity contribution < 1.29 is 19.1 Å². The molecule has 0 saturated heterocycles. The number of ether oxygens (including phenoxy) is 1. The van der Waals surface area contributed by atoms with Gasteiger partial charge >= 0.3 is 0 Å². The average Bonchev–Trinajstić information content (AvgIpc) is 2.59. The summed E-state index contributed by atoms with van der Waals surface area (Å²) in [5.41, 5.74) is 1.61. The molecule has 1 aliphatic rings. The fraction of sp³-hybridized carbons (Fsp3) is 0.286. The summed E-state index contributed by atoms with van der Waals surface area (Å²) in [5.74, 6) is -0.0482. The highest BCUT2D eigenvalue weighted by Crippen LogP contribution is 2.38. The van der Waals surface area contributed by atoms with Gasteiger partial charge in [0.25, 0.3) is 5.91 Å². The molecule has 6 heteroatoms. The van der Waals surface area contributed by atoms with Gasteiger partial charge < -0.3 is 10.1 Å². The normalized spacial score (nSPS) is 15.0. The highest BCUT2D eigenvalue weighted by Gasteiger charge is 2.41. The highest BCUT2D eigenvalue weighted by molar-refractivity contribution is 6.09. The zero-order chi connectivity index (χ0) is 19.8. The second kappa shape index (κ2) is 6.87. The molecule has 1 N–H and O–H groups in total. The number of carbonyl (C=O) groups is 3. The summed E-state index contributed by atoms with van der Waals surface area (Å²) in [6.07, 6.45) is 0. The number of benzene rings is 2. The van der Waals surface area contributed by atoms with Crippen LogP contribution >= 0.6 is 0 Å². The zero-order valence-electron chi connectivity index (χ0n) is 15.8. The van der Waals surface area contributed by atoms with Gasteiger partial charge in [-0.15, -0.1) is 0 Å². The van der Waals surface area contributed by atoms with E-state index in [0.717, 1.165) is 5.56 Å². The van der Waals surface area contributed by atoms with Crippen LogP contribution in [-0.2, 0) is 9.59 Å². The molecule has 0 unspecified atom stereocenters. The molecule has 2 aromatic rings. The molecule has 0 aromatic heterocycles. The highest BCUT2D eigenvalue weighted by atomic mass is 16.5. The Balaban J connectivity index is 1.87. The molecule has 27 heavy (non-hydrogen) atoms. The fourth-order valence-electron chi connectivity index (χ4n) is 3.01. The number of aryl methyl sites for hydroxylation is 1. The lowest BCUT2D eigenvalue weighted by molar-refractivity contribution is -0.132. The van der Waals surface area contributed by atoms with Crippen LogP contribution in [0.3, 0.4) is 0 Å². The van der Waals surface area contributed by atoms with Crippen LogP contribution in [0.25, 0.3) is 0 Å². The average molecular weight is 366 g/mol. The Bertz CT molecular complexity index is 916. The van der Waals surface area contributed by atoms with E-state index in [1.54, 1.807) is 38.1 Å². The Morgan fingerprint density at radius 2 is 1.78 bits per heavy atom. The van der Waals surface area contributed by atoms with Crippen molar-refractivity contribution in [3.05, 3.63) is 53.6 Å². The van der Waals surface area contributed by atoms with Gasteiger partial charge in [0.05, 0.1) is 12.2 Å². The molecule has 3 rings (SSSR count). The number of hydrogen-bond donors (Lipinski definition) is 1. The summed E-state index contributed by atoms with van der Waals surface area (Å²) in [4.78, 5) is 38.2. The van der Waals surface area contributed by atoms with E-state index < -0.39 is 5.60 Å². The summed E-state index contributed by atoms with van der Waals surface area (Å²) < 4.78 is 5.81.